The number of hydrogen-bond acceptors (Lipinski definition) is 3. The normalized spacial score (nSPS) is 15.2. The first-order valence-electron chi connectivity index (χ1n) is 7.81. The topological polar surface area (TPSA) is 56.1 Å². The van der Waals surface area contributed by atoms with Crippen LogP contribution >= 0.6 is 15.9 Å². The molecule has 0 bridgehead atoms. The average molecular weight is 396 g/mol. The lowest BCUT2D eigenvalue weighted by molar-refractivity contribution is 0.0927. The van der Waals surface area contributed by atoms with Gasteiger partial charge in [-0.25, -0.2) is 9.07 Å². The molecule has 1 saturated carbocycles. The highest BCUT2D eigenvalue weighted by Gasteiger charge is 2.28. The van der Waals surface area contributed by atoms with Crippen LogP contribution in [-0.2, 0) is 7.05 Å². The summed E-state index contributed by atoms with van der Waals surface area (Å²) in [5.74, 6) is 0.469. The van der Waals surface area contributed by atoms with Crippen molar-refractivity contribution < 1.29 is 13.9 Å². The first kappa shape index (κ1) is 17.0. The summed E-state index contributed by atoms with van der Waals surface area (Å²) in [6.07, 6.45) is 3.10. The van der Waals surface area contributed by atoms with Crippen LogP contribution in [0.2, 0.25) is 0 Å². The predicted molar refractivity (Wildman–Crippen MR) is 91.4 cm³/mol. The molecule has 1 heterocycles. The molecule has 1 amide bonds. The van der Waals surface area contributed by atoms with Crippen LogP contribution in [0.5, 0.6) is 5.88 Å². The molecule has 1 aromatic heterocycles. The molecule has 0 spiro atoms. The van der Waals surface area contributed by atoms with Gasteiger partial charge in [0.1, 0.15) is 5.82 Å². The van der Waals surface area contributed by atoms with Gasteiger partial charge in [-0.15, -0.1) is 0 Å². The maximum absolute atomic E-state index is 13.7. The minimum absolute atomic E-state index is 0.245. The van der Waals surface area contributed by atoms with Gasteiger partial charge in [-0.05, 0) is 36.1 Å². The molecule has 24 heavy (non-hydrogen) atoms. The van der Waals surface area contributed by atoms with E-state index < -0.39 is 0 Å². The molecule has 0 aliphatic heterocycles. The first-order chi connectivity index (χ1) is 11.5. The molecule has 1 atom stereocenters. The van der Waals surface area contributed by atoms with E-state index in [2.05, 4.69) is 26.3 Å². The molecule has 1 unspecified atom stereocenters. The third-order valence-corrected chi connectivity index (χ3v) is 4.60. The predicted octanol–water partition coefficient (Wildman–Crippen LogP) is 3.60. The van der Waals surface area contributed by atoms with Crippen LogP contribution in [0.25, 0.3) is 0 Å². The number of nitrogens with zero attached hydrogens (tertiary/aromatic N) is 2. The van der Waals surface area contributed by atoms with Crippen LogP contribution in [0.4, 0.5) is 4.39 Å². The van der Waals surface area contributed by atoms with Crippen molar-refractivity contribution in [2.45, 2.75) is 25.3 Å². The Morgan fingerprint density at radius 1 is 1.46 bits per heavy atom. The van der Waals surface area contributed by atoms with Crippen molar-refractivity contribution in [3.63, 3.8) is 0 Å². The molecule has 0 saturated heterocycles. The molecule has 1 fully saturated rings. The summed E-state index contributed by atoms with van der Waals surface area (Å²) in [5, 5.41) is 7.14. The number of ether oxygens (including phenoxy) is 1. The molecule has 7 heteroatoms. The first-order valence-corrected chi connectivity index (χ1v) is 8.60. The van der Waals surface area contributed by atoms with Crippen molar-refractivity contribution in [3.8, 4) is 5.88 Å². The zero-order chi connectivity index (χ0) is 17.3. The molecular weight excluding hydrogens is 377 g/mol. The number of rotatable bonds is 6. The average Bonchev–Trinajstić information content (AvgIpc) is 3.25. The maximum atomic E-state index is 13.7. The Bertz CT molecular complexity index is 738. The van der Waals surface area contributed by atoms with Crippen molar-refractivity contribution in [1.82, 2.24) is 15.1 Å². The fraction of sp³-hybridized carbons (Fsp3) is 0.412. The van der Waals surface area contributed by atoms with Crippen molar-refractivity contribution in [3.05, 3.63) is 45.8 Å². The SMILES string of the molecule is COc1cc(C(=O)NC(CC2CC2)c2cc(F)cc(Br)c2)nn1C. The number of aryl methyl sites for hydroxylation is 1. The number of aromatic nitrogens is 2. The molecule has 1 aromatic carbocycles. The maximum Gasteiger partial charge on any atom is 0.272 e. The Hall–Kier alpha value is -1.89. The Kier molecular flexibility index (Phi) is 4.89. The van der Waals surface area contributed by atoms with E-state index in [0.29, 0.717) is 16.3 Å². The third kappa shape index (κ3) is 3.95. The number of carbonyl (C=O) groups excluding carboxylic acids is 1. The molecule has 1 aliphatic rings. The highest BCUT2D eigenvalue weighted by atomic mass is 79.9. The summed E-state index contributed by atoms with van der Waals surface area (Å²) in [6.45, 7) is 0. The summed E-state index contributed by atoms with van der Waals surface area (Å²) >= 11 is 3.31. The Morgan fingerprint density at radius 3 is 2.79 bits per heavy atom. The number of halogens is 2. The van der Waals surface area contributed by atoms with Crippen molar-refractivity contribution in [2.75, 3.05) is 7.11 Å². The molecular formula is C17H19BrFN3O2. The van der Waals surface area contributed by atoms with Crippen LogP contribution in [0, 0.1) is 11.7 Å². The smallest absolute Gasteiger partial charge is 0.272 e. The molecule has 0 radical (unpaired) electrons. The van der Waals surface area contributed by atoms with Crippen molar-refractivity contribution in [1.29, 1.82) is 0 Å². The van der Waals surface area contributed by atoms with Gasteiger partial charge < -0.3 is 10.1 Å². The van der Waals surface area contributed by atoms with Crippen molar-refractivity contribution in [2.24, 2.45) is 13.0 Å². The summed E-state index contributed by atoms with van der Waals surface area (Å²) in [4.78, 5) is 12.5. The molecule has 1 N–H and O–H groups in total. The van der Waals surface area contributed by atoms with Crippen LogP contribution in [0.1, 0.15) is 41.4 Å². The summed E-state index contributed by atoms with van der Waals surface area (Å²) in [7, 11) is 3.24. The summed E-state index contributed by atoms with van der Waals surface area (Å²) < 4.78 is 21.0. The zero-order valence-electron chi connectivity index (χ0n) is 13.6. The summed E-state index contributed by atoms with van der Waals surface area (Å²) in [5.41, 5.74) is 1.04. The second-order valence-electron chi connectivity index (χ2n) is 6.10. The van der Waals surface area contributed by atoms with Crippen LogP contribution in [-0.4, -0.2) is 22.8 Å². The highest BCUT2D eigenvalue weighted by molar-refractivity contribution is 9.10. The van der Waals surface area contributed by atoms with E-state index >= 15 is 0 Å². The Labute approximate surface area is 148 Å². The standard InChI is InChI=1S/C17H19BrFN3O2/c1-22-16(24-2)9-15(21-22)17(23)20-14(5-10-3-4-10)11-6-12(18)8-13(19)7-11/h6-10,14H,3-5H2,1-2H3,(H,20,23). The fourth-order valence-electron chi connectivity index (χ4n) is 2.73. The summed E-state index contributed by atoms with van der Waals surface area (Å²) in [6, 6.07) is 6.06. The number of nitrogens with one attached hydrogen (secondary N) is 1. The molecule has 2 aromatic rings. The van der Waals surface area contributed by atoms with Gasteiger partial charge >= 0.3 is 0 Å². The van der Waals surface area contributed by atoms with Crippen molar-refractivity contribution >= 4 is 21.8 Å². The Balaban J connectivity index is 1.81. The molecule has 1 aliphatic carbocycles. The minimum atomic E-state index is -0.325. The van der Waals surface area contributed by atoms with Gasteiger partial charge in [0.2, 0.25) is 5.88 Å². The van der Waals surface area contributed by atoms with E-state index in [1.807, 2.05) is 6.07 Å². The van der Waals surface area contributed by atoms with Gasteiger partial charge in [0, 0.05) is 17.6 Å². The molecule has 5 nitrogen and oxygen atoms in total. The monoisotopic (exact) mass is 395 g/mol. The van der Waals surface area contributed by atoms with E-state index in [1.54, 1.807) is 13.1 Å². The molecule has 128 valence electrons. The number of carbonyl (C=O) groups is 1. The van der Waals surface area contributed by atoms with E-state index in [4.69, 9.17) is 4.74 Å². The number of benzene rings is 1. The number of amides is 1. The van der Waals surface area contributed by atoms with E-state index in [0.717, 1.165) is 24.8 Å². The van der Waals surface area contributed by atoms with Gasteiger partial charge in [0.05, 0.1) is 13.2 Å². The lowest BCUT2D eigenvalue weighted by Crippen LogP contribution is -2.29. The fourth-order valence-corrected chi connectivity index (χ4v) is 3.21. The Morgan fingerprint density at radius 2 is 2.21 bits per heavy atom. The largest absolute Gasteiger partial charge is 0.481 e. The highest BCUT2D eigenvalue weighted by Crippen LogP contribution is 2.38. The van der Waals surface area contributed by atoms with Gasteiger partial charge in [0.15, 0.2) is 5.69 Å². The van der Waals surface area contributed by atoms with Gasteiger partial charge in [-0.3, -0.25) is 4.79 Å². The number of methoxy groups -OCH3 is 1. The second-order valence-corrected chi connectivity index (χ2v) is 7.02. The van der Waals surface area contributed by atoms with Gasteiger partial charge in [-0.2, -0.15) is 5.10 Å². The van der Waals surface area contributed by atoms with E-state index in [1.165, 1.54) is 23.9 Å². The van der Waals surface area contributed by atoms with E-state index in [-0.39, 0.29) is 23.5 Å². The zero-order valence-corrected chi connectivity index (χ0v) is 15.1. The van der Waals surface area contributed by atoms with Gasteiger partial charge in [0.25, 0.3) is 5.91 Å². The second kappa shape index (κ2) is 6.93. The quantitative estimate of drug-likeness (QED) is 0.812. The van der Waals surface area contributed by atoms with Crippen LogP contribution < -0.4 is 10.1 Å². The molecule has 3 rings (SSSR count). The minimum Gasteiger partial charge on any atom is -0.481 e. The lowest BCUT2D eigenvalue weighted by Gasteiger charge is -2.19. The van der Waals surface area contributed by atoms with Gasteiger partial charge in [-0.1, -0.05) is 28.8 Å². The third-order valence-electron chi connectivity index (χ3n) is 4.14. The lowest BCUT2D eigenvalue weighted by atomic mass is 10.0. The van der Waals surface area contributed by atoms with Crippen LogP contribution in [0.15, 0.2) is 28.7 Å². The van der Waals surface area contributed by atoms with E-state index in [9.17, 15) is 9.18 Å². The van der Waals surface area contributed by atoms with Crippen LogP contribution in [0.3, 0.4) is 0 Å². The number of hydrogen-bond donors (Lipinski definition) is 1.